The van der Waals surface area contributed by atoms with Crippen LogP contribution in [0.25, 0.3) is 10.9 Å². The summed E-state index contributed by atoms with van der Waals surface area (Å²) in [4.78, 5) is 29.3. The molecule has 3 aromatic carbocycles. The Balaban J connectivity index is 1.21. The molecule has 0 aliphatic carbocycles. The third-order valence-corrected chi connectivity index (χ3v) is 8.24. The van der Waals surface area contributed by atoms with E-state index in [2.05, 4.69) is 36.9 Å². The van der Waals surface area contributed by atoms with Crippen LogP contribution in [0.3, 0.4) is 0 Å². The van der Waals surface area contributed by atoms with Gasteiger partial charge in [-0.05, 0) is 74.7 Å². The molecule has 1 aliphatic heterocycles. The van der Waals surface area contributed by atoms with E-state index < -0.39 is 17.6 Å². The third-order valence-electron chi connectivity index (χ3n) is 7.49. The highest BCUT2D eigenvalue weighted by Gasteiger charge is 2.19. The van der Waals surface area contributed by atoms with Crippen LogP contribution in [0.15, 0.2) is 65.3 Å². The van der Waals surface area contributed by atoms with Crippen LogP contribution in [0.1, 0.15) is 18.4 Å². The van der Waals surface area contributed by atoms with Crippen molar-refractivity contribution in [2.24, 2.45) is 5.92 Å². The number of hydrogen-bond acceptors (Lipinski definition) is 8. The van der Waals surface area contributed by atoms with Crippen molar-refractivity contribution < 1.29 is 32.9 Å². The number of fused-ring (bicyclic) bond motifs is 1. The van der Waals surface area contributed by atoms with Crippen LogP contribution in [-0.4, -0.2) is 57.3 Å². The first-order valence-corrected chi connectivity index (χ1v) is 15.3. The van der Waals surface area contributed by atoms with Crippen LogP contribution in [-0.2, 0) is 16.0 Å². The number of carbonyl (C=O) groups is 2. The zero-order valence-corrected chi connectivity index (χ0v) is 26.5. The average Bonchev–Trinajstić information content (AvgIpc) is 3.05. The second-order valence-electron chi connectivity index (χ2n) is 10.5. The highest BCUT2D eigenvalue weighted by Crippen LogP contribution is 2.38. The van der Waals surface area contributed by atoms with Crippen LogP contribution in [0.2, 0.25) is 0 Å². The van der Waals surface area contributed by atoms with Crippen molar-refractivity contribution in [2.75, 3.05) is 45.8 Å². The first-order chi connectivity index (χ1) is 21.9. The number of rotatable bonds is 11. The monoisotopic (exact) mass is 680 g/mol. The fourth-order valence-corrected chi connectivity index (χ4v) is 5.61. The molecule has 45 heavy (non-hydrogen) atoms. The summed E-state index contributed by atoms with van der Waals surface area (Å²) in [7, 11) is 3.12. The van der Waals surface area contributed by atoms with Gasteiger partial charge in [-0.15, -0.1) is 0 Å². The molecular weight excluding hydrogens is 647 g/mol. The van der Waals surface area contributed by atoms with Crippen molar-refractivity contribution in [1.82, 2.24) is 15.6 Å². The van der Waals surface area contributed by atoms with Crippen molar-refractivity contribution in [1.29, 1.82) is 0 Å². The Hall–Kier alpha value is -4.42. The lowest BCUT2D eigenvalue weighted by Gasteiger charge is -2.23. The first-order valence-electron chi connectivity index (χ1n) is 14.5. The molecule has 1 saturated heterocycles. The van der Waals surface area contributed by atoms with E-state index in [0.29, 0.717) is 52.8 Å². The van der Waals surface area contributed by atoms with Crippen molar-refractivity contribution >= 4 is 44.3 Å². The van der Waals surface area contributed by atoms with Crippen molar-refractivity contribution in [3.8, 4) is 28.7 Å². The quantitative estimate of drug-likeness (QED) is 0.175. The molecule has 4 aromatic rings. The van der Waals surface area contributed by atoms with Crippen molar-refractivity contribution in [2.45, 2.75) is 19.3 Å². The van der Waals surface area contributed by atoms with E-state index >= 15 is 4.39 Å². The van der Waals surface area contributed by atoms with Gasteiger partial charge in [-0.3, -0.25) is 14.6 Å². The zero-order chi connectivity index (χ0) is 31.8. The van der Waals surface area contributed by atoms with Gasteiger partial charge in [0.1, 0.15) is 11.5 Å². The van der Waals surface area contributed by atoms with E-state index in [-0.39, 0.29) is 18.0 Å². The Morgan fingerprint density at radius 2 is 1.76 bits per heavy atom. The lowest BCUT2D eigenvalue weighted by Crippen LogP contribution is -2.36. The van der Waals surface area contributed by atoms with Crippen LogP contribution >= 0.6 is 15.9 Å². The SMILES string of the molecule is COc1cc2c(Oc3ccc(NC(=O)C(=O)NCCc4c(Br)cccc4OC)cc3F)ccnc2cc1OCC1CCNCC1. The number of halogens is 2. The number of piperidine rings is 1. The maximum atomic E-state index is 15.1. The number of methoxy groups -OCH3 is 2. The van der Waals surface area contributed by atoms with E-state index in [1.807, 2.05) is 18.2 Å². The summed E-state index contributed by atoms with van der Waals surface area (Å²) in [6.07, 6.45) is 4.11. The van der Waals surface area contributed by atoms with Gasteiger partial charge in [0.2, 0.25) is 0 Å². The predicted molar refractivity (Wildman–Crippen MR) is 172 cm³/mol. The minimum absolute atomic E-state index is 0.0717. The topological polar surface area (TPSA) is 120 Å². The predicted octanol–water partition coefficient (Wildman–Crippen LogP) is 5.62. The molecule has 2 amide bonds. The molecule has 1 aliphatic rings. The van der Waals surface area contributed by atoms with Gasteiger partial charge < -0.3 is 34.9 Å². The minimum Gasteiger partial charge on any atom is -0.496 e. The number of pyridine rings is 1. The van der Waals surface area contributed by atoms with Gasteiger partial charge in [0.05, 0.1) is 26.3 Å². The summed E-state index contributed by atoms with van der Waals surface area (Å²) >= 11 is 3.47. The third kappa shape index (κ3) is 8.00. The number of nitrogens with one attached hydrogen (secondary N) is 3. The van der Waals surface area contributed by atoms with E-state index in [4.69, 9.17) is 18.9 Å². The van der Waals surface area contributed by atoms with Crippen LogP contribution in [0, 0.1) is 11.7 Å². The van der Waals surface area contributed by atoms with E-state index in [1.165, 1.54) is 12.1 Å². The molecule has 0 bridgehead atoms. The summed E-state index contributed by atoms with van der Waals surface area (Å²) in [5.41, 5.74) is 1.56. The molecule has 1 aromatic heterocycles. The largest absolute Gasteiger partial charge is 0.496 e. The number of anilines is 1. The van der Waals surface area contributed by atoms with Gasteiger partial charge in [0.15, 0.2) is 23.1 Å². The van der Waals surface area contributed by atoms with E-state index in [0.717, 1.165) is 42.0 Å². The number of carbonyl (C=O) groups excluding carboxylic acids is 2. The Morgan fingerprint density at radius 1 is 0.956 bits per heavy atom. The number of benzene rings is 3. The van der Waals surface area contributed by atoms with Gasteiger partial charge >= 0.3 is 11.8 Å². The number of hydrogen-bond donors (Lipinski definition) is 3. The highest BCUT2D eigenvalue weighted by molar-refractivity contribution is 9.10. The highest BCUT2D eigenvalue weighted by atomic mass is 79.9. The average molecular weight is 682 g/mol. The summed E-state index contributed by atoms with van der Waals surface area (Å²) in [6, 6.07) is 14.6. The number of nitrogens with zero attached hydrogens (tertiary/aromatic N) is 1. The molecule has 3 N–H and O–H groups in total. The maximum absolute atomic E-state index is 15.1. The molecule has 10 nitrogen and oxygen atoms in total. The molecular formula is C33H34BrFN4O6. The Bertz CT molecular complexity index is 1680. The summed E-state index contributed by atoms with van der Waals surface area (Å²) in [5.74, 6) is 0.0156. The minimum atomic E-state index is -0.924. The smallest absolute Gasteiger partial charge is 0.313 e. The maximum Gasteiger partial charge on any atom is 0.313 e. The molecule has 236 valence electrons. The molecule has 1 fully saturated rings. The molecule has 12 heteroatoms. The summed E-state index contributed by atoms with van der Waals surface area (Å²) in [6.45, 7) is 2.74. The zero-order valence-electron chi connectivity index (χ0n) is 25.0. The fraction of sp³-hybridized carbons (Fsp3) is 0.303. The molecule has 0 unspecified atom stereocenters. The number of ether oxygens (including phenoxy) is 4. The van der Waals surface area contributed by atoms with Gasteiger partial charge in [-0.2, -0.15) is 0 Å². The molecule has 0 spiro atoms. The van der Waals surface area contributed by atoms with Crippen molar-refractivity contribution in [3.63, 3.8) is 0 Å². The van der Waals surface area contributed by atoms with Crippen LogP contribution < -0.4 is 34.9 Å². The van der Waals surface area contributed by atoms with Gasteiger partial charge in [-0.1, -0.05) is 22.0 Å². The first kappa shape index (κ1) is 32.0. The molecule has 0 atom stereocenters. The Labute approximate surface area is 268 Å². The van der Waals surface area contributed by atoms with Gasteiger partial charge in [-0.25, -0.2) is 4.39 Å². The molecule has 0 radical (unpaired) electrons. The lowest BCUT2D eigenvalue weighted by molar-refractivity contribution is -0.136. The Morgan fingerprint density at radius 3 is 2.51 bits per heavy atom. The Kier molecular flexibility index (Phi) is 10.7. The lowest BCUT2D eigenvalue weighted by atomic mass is 9.99. The van der Waals surface area contributed by atoms with E-state index in [1.54, 1.807) is 38.6 Å². The second-order valence-corrected chi connectivity index (χ2v) is 11.3. The number of aromatic nitrogens is 1. The fourth-order valence-electron chi connectivity index (χ4n) is 5.07. The number of amides is 2. The molecule has 5 rings (SSSR count). The second kappa shape index (κ2) is 15.0. The van der Waals surface area contributed by atoms with Crippen LogP contribution in [0.5, 0.6) is 28.7 Å². The van der Waals surface area contributed by atoms with Crippen molar-refractivity contribution in [3.05, 3.63) is 76.6 Å². The van der Waals surface area contributed by atoms with Crippen LogP contribution in [0.4, 0.5) is 10.1 Å². The standard InChI is InChI=1S/C33H34BrFN4O6/c1-42-27-5-3-4-24(34)22(27)10-14-38-32(40)33(41)39-21-6-7-29(25(35)16-21)45-28-11-15-37-26-18-31(30(43-2)17-23(26)28)44-19-20-8-12-36-13-9-20/h3-7,11,15-18,20,36H,8-10,12-14,19H2,1-2H3,(H,38,40)(H,39,41). The molecule has 0 saturated carbocycles. The van der Waals surface area contributed by atoms with Gasteiger partial charge in [0, 0.05) is 46.0 Å². The normalized spacial score (nSPS) is 13.2. The van der Waals surface area contributed by atoms with E-state index in [9.17, 15) is 9.59 Å². The molecule has 2 heterocycles. The summed E-state index contributed by atoms with van der Waals surface area (Å²) in [5, 5.41) is 8.95. The summed E-state index contributed by atoms with van der Waals surface area (Å²) < 4.78 is 38.9. The van der Waals surface area contributed by atoms with Gasteiger partial charge in [0.25, 0.3) is 0 Å².